The number of aromatic nitrogens is 2. The van der Waals surface area contributed by atoms with Crippen LogP contribution in [0.25, 0.3) is 0 Å². The Balaban J connectivity index is 0.00000140. The molecule has 28 heavy (non-hydrogen) atoms. The molecule has 3 heterocycles. The van der Waals surface area contributed by atoms with E-state index in [1.54, 1.807) is 0 Å². The maximum absolute atomic E-state index is 12.7. The fourth-order valence-corrected chi connectivity index (χ4v) is 3.90. The summed E-state index contributed by atoms with van der Waals surface area (Å²) < 4.78 is 1.93. The van der Waals surface area contributed by atoms with E-state index >= 15 is 0 Å². The number of halogens is 2. The Morgan fingerprint density at radius 2 is 1.86 bits per heavy atom. The molecule has 2 saturated heterocycles. The molecule has 4 rings (SSSR count). The number of anilines is 2. The zero-order chi connectivity index (χ0) is 17.8. The van der Waals surface area contributed by atoms with Gasteiger partial charge < -0.3 is 15.5 Å². The predicted octanol–water partition coefficient (Wildman–Crippen LogP) is 3.89. The Hall–Kier alpha value is -1.76. The van der Waals surface area contributed by atoms with Crippen LogP contribution in [-0.2, 0) is 0 Å². The first-order valence-corrected chi connectivity index (χ1v) is 9.72. The van der Waals surface area contributed by atoms with Crippen LogP contribution in [-0.4, -0.2) is 41.9 Å². The third kappa shape index (κ3) is 5.19. The number of hydrogen-bond acceptors (Lipinski definition) is 4. The predicted molar refractivity (Wildman–Crippen MR) is 118 cm³/mol. The van der Waals surface area contributed by atoms with E-state index in [1.807, 2.05) is 35.1 Å². The van der Waals surface area contributed by atoms with Crippen molar-refractivity contribution in [2.75, 3.05) is 36.4 Å². The average Bonchev–Trinajstić information content (AvgIpc) is 3.20. The lowest BCUT2D eigenvalue weighted by molar-refractivity contribution is 0.102. The van der Waals surface area contributed by atoms with E-state index in [0.29, 0.717) is 11.7 Å². The number of benzene rings is 1. The minimum absolute atomic E-state index is 0. The standard InChI is InChI=1S/C20H27N5O.2ClH/c26-20(18-10-14-25(23-18)16-7-6-11-21-15-16)22-17-8-2-3-9-19(17)24-12-4-1-5-13-24;;/h2-3,8-10,14,16,21H,1,4-7,11-13,15H2,(H,22,26);2*1H. The summed E-state index contributed by atoms with van der Waals surface area (Å²) in [5.41, 5.74) is 2.45. The van der Waals surface area contributed by atoms with Gasteiger partial charge in [-0.25, -0.2) is 0 Å². The summed E-state index contributed by atoms with van der Waals surface area (Å²) in [6.07, 6.45) is 7.88. The smallest absolute Gasteiger partial charge is 0.276 e. The Morgan fingerprint density at radius 3 is 2.61 bits per heavy atom. The lowest BCUT2D eigenvalue weighted by Crippen LogP contribution is -2.32. The lowest BCUT2D eigenvalue weighted by atomic mass is 10.1. The molecule has 2 aromatic rings. The van der Waals surface area contributed by atoms with Crippen LogP contribution < -0.4 is 15.5 Å². The van der Waals surface area contributed by atoms with Gasteiger partial charge in [-0.05, 0) is 56.8 Å². The molecule has 2 aliphatic heterocycles. The minimum atomic E-state index is -0.142. The van der Waals surface area contributed by atoms with Gasteiger partial charge in [-0.3, -0.25) is 9.48 Å². The highest BCUT2D eigenvalue weighted by atomic mass is 35.5. The fraction of sp³-hybridized carbons (Fsp3) is 0.500. The van der Waals surface area contributed by atoms with Crippen LogP contribution in [0.3, 0.4) is 0 Å². The third-order valence-electron chi connectivity index (χ3n) is 5.33. The first-order valence-electron chi connectivity index (χ1n) is 9.72. The van der Waals surface area contributed by atoms with E-state index in [2.05, 4.69) is 26.7 Å². The summed E-state index contributed by atoms with van der Waals surface area (Å²) in [5.74, 6) is -0.142. The second-order valence-corrected chi connectivity index (χ2v) is 7.20. The van der Waals surface area contributed by atoms with Crippen molar-refractivity contribution in [1.82, 2.24) is 15.1 Å². The molecule has 2 fully saturated rings. The van der Waals surface area contributed by atoms with Crippen molar-refractivity contribution in [2.45, 2.75) is 38.1 Å². The van der Waals surface area contributed by atoms with Gasteiger partial charge in [0.1, 0.15) is 0 Å². The van der Waals surface area contributed by atoms with Gasteiger partial charge in [-0.2, -0.15) is 5.10 Å². The molecule has 1 aromatic heterocycles. The van der Waals surface area contributed by atoms with Crippen LogP contribution in [0.1, 0.15) is 48.6 Å². The van der Waals surface area contributed by atoms with E-state index in [0.717, 1.165) is 50.4 Å². The van der Waals surface area contributed by atoms with E-state index in [4.69, 9.17) is 0 Å². The molecule has 2 N–H and O–H groups in total. The molecule has 154 valence electrons. The van der Waals surface area contributed by atoms with Crippen molar-refractivity contribution in [3.8, 4) is 0 Å². The molecule has 1 amide bonds. The number of rotatable bonds is 4. The first kappa shape index (κ1) is 22.5. The van der Waals surface area contributed by atoms with Crippen molar-refractivity contribution in [3.63, 3.8) is 0 Å². The minimum Gasteiger partial charge on any atom is -0.370 e. The number of para-hydroxylation sites is 2. The van der Waals surface area contributed by atoms with Gasteiger partial charge in [-0.1, -0.05) is 12.1 Å². The molecule has 0 spiro atoms. The summed E-state index contributed by atoms with van der Waals surface area (Å²) in [5, 5.41) is 11.0. The zero-order valence-electron chi connectivity index (χ0n) is 16.0. The van der Waals surface area contributed by atoms with E-state index in [-0.39, 0.29) is 30.7 Å². The zero-order valence-corrected chi connectivity index (χ0v) is 17.6. The van der Waals surface area contributed by atoms with E-state index in [1.165, 1.54) is 19.3 Å². The van der Waals surface area contributed by atoms with Gasteiger partial charge in [0.15, 0.2) is 5.69 Å². The lowest BCUT2D eigenvalue weighted by Gasteiger charge is -2.30. The third-order valence-corrected chi connectivity index (χ3v) is 5.33. The second kappa shape index (κ2) is 10.7. The van der Waals surface area contributed by atoms with Crippen molar-refractivity contribution in [2.24, 2.45) is 0 Å². The van der Waals surface area contributed by atoms with Crippen LogP contribution in [0.5, 0.6) is 0 Å². The Bertz CT molecular complexity index is 755. The molecule has 0 bridgehead atoms. The van der Waals surface area contributed by atoms with Gasteiger partial charge in [0.2, 0.25) is 0 Å². The Kier molecular flexibility index (Phi) is 8.60. The molecular formula is C20H29Cl2N5O. The summed E-state index contributed by atoms with van der Waals surface area (Å²) in [4.78, 5) is 15.1. The number of hydrogen-bond donors (Lipinski definition) is 2. The van der Waals surface area contributed by atoms with Crippen LogP contribution in [0, 0.1) is 0 Å². The quantitative estimate of drug-likeness (QED) is 0.779. The number of carbonyl (C=O) groups is 1. The van der Waals surface area contributed by atoms with Gasteiger partial charge in [0, 0.05) is 25.8 Å². The highest BCUT2D eigenvalue weighted by Gasteiger charge is 2.19. The van der Waals surface area contributed by atoms with Crippen LogP contribution >= 0.6 is 24.8 Å². The highest BCUT2D eigenvalue weighted by molar-refractivity contribution is 6.04. The largest absolute Gasteiger partial charge is 0.370 e. The SMILES string of the molecule is Cl.Cl.O=C(Nc1ccccc1N1CCCCC1)c1ccn(C2CCCNC2)n1. The van der Waals surface area contributed by atoms with Crippen molar-refractivity contribution in [1.29, 1.82) is 0 Å². The normalized spacial score (nSPS) is 19.3. The second-order valence-electron chi connectivity index (χ2n) is 7.20. The van der Waals surface area contributed by atoms with Crippen LogP contribution in [0.2, 0.25) is 0 Å². The Morgan fingerprint density at radius 1 is 1.07 bits per heavy atom. The fourth-order valence-electron chi connectivity index (χ4n) is 3.90. The molecule has 1 unspecified atom stereocenters. The summed E-state index contributed by atoms with van der Waals surface area (Å²) in [6, 6.07) is 10.2. The van der Waals surface area contributed by atoms with Gasteiger partial charge >= 0.3 is 0 Å². The molecule has 0 saturated carbocycles. The summed E-state index contributed by atoms with van der Waals surface area (Å²) in [7, 11) is 0. The number of amides is 1. The molecular weight excluding hydrogens is 397 g/mol. The van der Waals surface area contributed by atoms with Crippen LogP contribution in [0.15, 0.2) is 36.5 Å². The maximum Gasteiger partial charge on any atom is 0.276 e. The number of carbonyl (C=O) groups excluding carboxylic acids is 1. The molecule has 0 aliphatic carbocycles. The number of nitrogens with one attached hydrogen (secondary N) is 2. The van der Waals surface area contributed by atoms with E-state index < -0.39 is 0 Å². The number of piperidine rings is 2. The highest BCUT2D eigenvalue weighted by Crippen LogP contribution is 2.28. The topological polar surface area (TPSA) is 62.2 Å². The summed E-state index contributed by atoms with van der Waals surface area (Å²) >= 11 is 0. The average molecular weight is 426 g/mol. The van der Waals surface area contributed by atoms with Crippen LogP contribution in [0.4, 0.5) is 11.4 Å². The van der Waals surface area contributed by atoms with Crippen molar-refractivity contribution >= 4 is 42.1 Å². The molecule has 1 aromatic carbocycles. The van der Waals surface area contributed by atoms with Gasteiger partial charge in [0.25, 0.3) is 5.91 Å². The summed E-state index contributed by atoms with van der Waals surface area (Å²) in [6.45, 7) is 4.09. The Labute approximate surface area is 178 Å². The molecule has 1 atom stereocenters. The number of nitrogens with zero attached hydrogens (tertiary/aromatic N) is 3. The molecule has 0 radical (unpaired) electrons. The molecule has 6 nitrogen and oxygen atoms in total. The van der Waals surface area contributed by atoms with Crippen molar-refractivity contribution in [3.05, 3.63) is 42.2 Å². The van der Waals surface area contributed by atoms with Crippen molar-refractivity contribution < 1.29 is 4.79 Å². The van der Waals surface area contributed by atoms with Gasteiger partial charge in [0.05, 0.1) is 17.4 Å². The van der Waals surface area contributed by atoms with E-state index in [9.17, 15) is 4.79 Å². The maximum atomic E-state index is 12.7. The monoisotopic (exact) mass is 425 g/mol. The molecule has 2 aliphatic rings. The molecule has 8 heteroatoms. The van der Waals surface area contributed by atoms with Gasteiger partial charge in [-0.15, -0.1) is 24.8 Å². The first-order chi connectivity index (χ1) is 12.8.